The van der Waals surface area contributed by atoms with Crippen LogP contribution in [0.4, 0.5) is 0 Å². The van der Waals surface area contributed by atoms with Crippen LogP contribution in [0.1, 0.15) is 11.1 Å². The maximum atomic E-state index is 13.2. The van der Waals surface area contributed by atoms with E-state index in [1.54, 1.807) is 18.2 Å². The standard InChI is InChI=1S/C23H22ClN3O4S/c24-20-10-12-21(13-11-20)32(30,31)27(15-14-18-6-2-1-3-7-18)17-23(29)26-25-16-19-8-4-5-9-22(19)28/h1-13,16,28H,14-15,17H2,(H,26,29)/b25-16-. The second kappa shape index (κ2) is 10.9. The molecule has 9 heteroatoms. The Morgan fingerprint density at radius 2 is 1.66 bits per heavy atom. The minimum atomic E-state index is -3.94. The molecule has 0 unspecified atom stereocenters. The van der Waals surface area contributed by atoms with Gasteiger partial charge in [-0.05, 0) is 48.4 Å². The number of carbonyl (C=O) groups is 1. The molecular formula is C23H22ClN3O4S. The first-order chi connectivity index (χ1) is 15.4. The molecule has 3 aromatic carbocycles. The van der Waals surface area contributed by atoms with E-state index in [-0.39, 0.29) is 17.2 Å². The largest absolute Gasteiger partial charge is 0.507 e. The van der Waals surface area contributed by atoms with Crippen molar-refractivity contribution in [2.45, 2.75) is 11.3 Å². The van der Waals surface area contributed by atoms with E-state index < -0.39 is 22.5 Å². The quantitative estimate of drug-likeness (QED) is 0.369. The normalized spacial score (nSPS) is 11.7. The minimum absolute atomic E-state index is 0.0142. The number of phenols is 1. The van der Waals surface area contributed by atoms with E-state index >= 15 is 0 Å². The number of sulfonamides is 1. The molecule has 3 rings (SSSR count). The van der Waals surface area contributed by atoms with Crippen LogP contribution >= 0.6 is 11.6 Å². The number of rotatable bonds is 9. The van der Waals surface area contributed by atoms with Gasteiger partial charge in [-0.25, -0.2) is 13.8 Å². The van der Waals surface area contributed by atoms with Crippen molar-refractivity contribution in [3.05, 3.63) is 95.0 Å². The maximum Gasteiger partial charge on any atom is 0.255 e. The first kappa shape index (κ1) is 23.5. The molecule has 0 spiro atoms. The van der Waals surface area contributed by atoms with Crippen molar-refractivity contribution >= 4 is 33.7 Å². The Labute approximate surface area is 192 Å². The highest BCUT2D eigenvalue weighted by Gasteiger charge is 2.26. The lowest BCUT2D eigenvalue weighted by Gasteiger charge is -2.21. The van der Waals surface area contributed by atoms with Crippen molar-refractivity contribution in [3.63, 3.8) is 0 Å². The molecule has 0 aliphatic rings. The Bertz CT molecular complexity index is 1180. The van der Waals surface area contributed by atoms with Gasteiger partial charge in [0.1, 0.15) is 5.75 Å². The van der Waals surface area contributed by atoms with E-state index in [0.717, 1.165) is 9.87 Å². The Balaban J connectivity index is 1.74. The maximum absolute atomic E-state index is 13.2. The van der Waals surface area contributed by atoms with Crippen molar-refractivity contribution in [2.24, 2.45) is 5.10 Å². The summed E-state index contributed by atoms with van der Waals surface area (Å²) in [6.45, 7) is -0.318. The molecular weight excluding hydrogens is 450 g/mol. The molecule has 0 aliphatic carbocycles. The highest BCUT2D eigenvalue weighted by atomic mass is 35.5. The van der Waals surface area contributed by atoms with Gasteiger partial charge in [0.15, 0.2) is 0 Å². The van der Waals surface area contributed by atoms with Gasteiger partial charge >= 0.3 is 0 Å². The number of aromatic hydroxyl groups is 1. The van der Waals surface area contributed by atoms with Crippen LogP contribution in [-0.4, -0.2) is 43.0 Å². The van der Waals surface area contributed by atoms with Gasteiger partial charge < -0.3 is 5.11 Å². The summed E-state index contributed by atoms with van der Waals surface area (Å²) in [6, 6.07) is 21.7. The zero-order valence-corrected chi connectivity index (χ0v) is 18.6. The number of hydrazone groups is 1. The van der Waals surface area contributed by atoms with Gasteiger partial charge in [-0.1, -0.05) is 54.1 Å². The van der Waals surface area contributed by atoms with Gasteiger partial charge in [-0.15, -0.1) is 0 Å². The van der Waals surface area contributed by atoms with Gasteiger partial charge in [-0.3, -0.25) is 4.79 Å². The molecule has 0 saturated carbocycles. The van der Waals surface area contributed by atoms with Crippen LogP contribution in [0.15, 0.2) is 88.9 Å². The second-order valence-electron chi connectivity index (χ2n) is 6.88. The van der Waals surface area contributed by atoms with Gasteiger partial charge in [0.2, 0.25) is 10.0 Å². The number of hydrogen-bond donors (Lipinski definition) is 2. The number of benzene rings is 3. The van der Waals surface area contributed by atoms with Gasteiger partial charge in [0, 0.05) is 17.1 Å². The Kier molecular flexibility index (Phi) is 7.99. The molecule has 32 heavy (non-hydrogen) atoms. The third-order valence-electron chi connectivity index (χ3n) is 4.59. The molecule has 0 aromatic heterocycles. The Morgan fingerprint density at radius 3 is 2.34 bits per heavy atom. The number of amides is 1. The molecule has 0 fully saturated rings. The number of halogens is 1. The highest BCUT2D eigenvalue weighted by molar-refractivity contribution is 7.89. The topological polar surface area (TPSA) is 99.1 Å². The summed E-state index contributed by atoms with van der Waals surface area (Å²) in [7, 11) is -3.94. The minimum Gasteiger partial charge on any atom is -0.507 e. The fraction of sp³-hybridized carbons (Fsp3) is 0.130. The van der Waals surface area contributed by atoms with E-state index in [4.69, 9.17) is 11.6 Å². The lowest BCUT2D eigenvalue weighted by atomic mass is 10.1. The van der Waals surface area contributed by atoms with Crippen molar-refractivity contribution in [1.29, 1.82) is 0 Å². The molecule has 1 amide bonds. The first-order valence-electron chi connectivity index (χ1n) is 9.76. The van der Waals surface area contributed by atoms with E-state index in [1.807, 2.05) is 30.3 Å². The number of nitrogens with zero attached hydrogens (tertiary/aromatic N) is 2. The average molecular weight is 472 g/mol. The lowest BCUT2D eigenvalue weighted by Crippen LogP contribution is -2.40. The van der Waals surface area contributed by atoms with Crippen LogP contribution < -0.4 is 5.43 Å². The summed E-state index contributed by atoms with van der Waals surface area (Å²) in [4.78, 5) is 12.5. The number of para-hydroxylation sites is 1. The van der Waals surface area contributed by atoms with E-state index in [9.17, 15) is 18.3 Å². The zero-order chi connectivity index (χ0) is 23.0. The molecule has 2 N–H and O–H groups in total. The van der Waals surface area contributed by atoms with Crippen LogP contribution in [0.2, 0.25) is 5.02 Å². The third kappa shape index (κ3) is 6.40. The number of phenolic OH excluding ortho intramolecular Hbond substituents is 1. The van der Waals surface area contributed by atoms with Gasteiger partial charge in [0.25, 0.3) is 5.91 Å². The van der Waals surface area contributed by atoms with Crippen LogP contribution in [0.25, 0.3) is 0 Å². The van der Waals surface area contributed by atoms with Gasteiger partial charge in [-0.2, -0.15) is 9.41 Å². The van der Waals surface area contributed by atoms with Crippen LogP contribution in [0.5, 0.6) is 5.75 Å². The highest BCUT2D eigenvalue weighted by Crippen LogP contribution is 2.19. The molecule has 0 atom stereocenters. The van der Waals surface area contributed by atoms with E-state index in [1.165, 1.54) is 36.5 Å². The van der Waals surface area contributed by atoms with Crippen molar-refractivity contribution in [3.8, 4) is 5.75 Å². The first-order valence-corrected chi connectivity index (χ1v) is 11.6. The number of carbonyl (C=O) groups excluding carboxylic acids is 1. The summed E-state index contributed by atoms with van der Waals surface area (Å²) in [5.41, 5.74) is 3.68. The molecule has 0 aliphatic heterocycles. The summed E-state index contributed by atoms with van der Waals surface area (Å²) in [5, 5.41) is 14.0. The molecule has 7 nitrogen and oxygen atoms in total. The molecule has 0 heterocycles. The summed E-state index contributed by atoms with van der Waals surface area (Å²) >= 11 is 5.88. The fourth-order valence-electron chi connectivity index (χ4n) is 2.90. The zero-order valence-electron chi connectivity index (χ0n) is 17.1. The number of nitrogens with one attached hydrogen (secondary N) is 1. The van der Waals surface area contributed by atoms with Crippen molar-refractivity contribution in [2.75, 3.05) is 13.1 Å². The molecule has 0 radical (unpaired) electrons. The molecule has 0 saturated heterocycles. The smallest absolute Gasteiger partial charge is 0.255 e. The fourth-order valence-corrected chi connectivity index (χ4v) is 4.43. The third-order valence-corrected chi connectivity index (χ3v) is 6.71. The molecule has 0 bridgehead atoms. The Hall–Kier alpha value is -3.20. The van der Waals surface area contributed by atoms with Crippen molar-refractivity contribution in [1.82, 2.24) is 9.73 Å². The van der Waals surface area contributed by atoms with Crippen LogP contribution in [-0.2, 0) is 21.2 Å². The SMILES string of the molecule is O=C(CN(CCc1ccccc1)S(=O)(=O)c1ccc(Cl)cc1)N/N=C\c1ccccc1O. The average Bonchev–Trinajstić information content (AvgIpc) is 2.79. The number of hydrogen-bond acceptors (Lipinski definition) is 5. The molecule has 166 valence electrons. The van der Waals surface area contributed by atoms with E-state index in [0.29, 0.717) is 17.0 Å². The van der Waals surface area contributed by atoms with Crippen molar-refractivity contribution < 1.29 is 18.3 Å². The predicted molar refractivity (Wildman–Crippen MR) is 124 cm³/mol. The van der Waals surface area contributed by atoms with Crippen LogP contribution in [0, 0.1) is 0 Å². The molecule has 3 aromatic rings. The summed E-state index contributed by atoms with van der Waals surface area (Å²) in [6.07, 6.45) is 1.72. The van der Waals surface area contributed by atoms with Gasteiger partial charge in [0.05, 0.1) is 17.7 Å². The summed E-state index contributed by atoms with van der Waals surface area (Å²) < 4.78 is 27.4. The van der Waals surface area contributed by atoms with E-state index in [2.05, 4.69) is 10.5 Å². The predicted octanol–water partition coefficient (Wildman–Crippen LogP) is 3.43. The summed E-state index contributed by atoms with van der Waals surface area (Å²) in [5.74, 6) is -0.595. The Morgan fingerprint density at radius 1 is 1.00 bits per heavy atom. The lowest BCUT2D eigenvalue weighted by molar-refractivity contribution is -0.121. The van der Waals surface area contributed by atoms with Crippen LogP contribution in [0.3, 0.4) is 0 Å². The monoisotopic (exact) mass is 471 g/mol. The second-order valence-corrected chi connectivity index (χ2v) is 9.25.